The second-order valence-corrected chi connectivity index (χ2v) is 7.28. The fraction of sp³-hybridized carbons (Fsp3) is 0.579. The number of rotatable bonds is 4. The lowest BCUT2D eigenvalue weighted by Crippen LogP contribution is -2.49. The van der Waals surface area contributed by atoms with Crippen LogP contribution in [-0.4, -0.2) is 29.3 Å². The first-order valence-corrected chi connectivity index (χ1v) is 9.18. The van der Waals surface area contributed by atoms with E-state index in [-0.39, 0.29) is 35.9 Å². The molecule has 0 radical (unpaired) electrons. The van der Waals surface area contributed by atoms with Crippen molar-refractivity contribution in [1.29, 1.82) is 0 Å². The van der Waals surface area contributed by atoms with Crippen LogP contribution >= 0.6 is 0 Å². The molecular weight excluding hydrogens is 364 g/mol. The van der Waals surface area contributed by atoms with Crippen molar-refractivity contribution in [3.8, 4) is 0 Å². The molecule has 1 atom stereocenters. The van der Waals surface area contributed by atoms with Crippen molar-refractivity contribution >= 4 is 11.8 Å². The summed E-state index contributed by atoms with van der Waals surface area (Å²) in [4.78, 5) is 26.4. The van der Waals surface area contributed by atoms with Crippen molar-refractivity contribution in [1.82, 2.24) is 10.2 Å². The zero-order valence-electron chi connectivity index (χ0n) is 14.8. The van der Waals surface area contributed by atoms with Crippen LogP contribution in [0.3, 0.4) is 0 Å². The average molecular weight is 386 g/mol. The number of alkyl halides is 3. The Morgan fingerprint density at radius 2 is 1.85 bits per heavy atom. The second kappa shape index (κ2) is 7.86. The molecule has 3 rings (SSSR count). The van der Waals surface area contributed by atoms with Crippen LogP contribution in [0, 0.1) is 11.7 Å². The van der Waals surface area contributed by atoms with Gasteiger partial charge in [0, 0.05) is 25.6 Å². The summed E-state index contributed by atoms with van der Waals surface area (Å²) < 4.78 is 51.8. The second-order valence-electron chi connectivity index (χ2n) is 7.28. The zero-order chi connectivity index (χ0) is 19.6. The number of hydrogen-bond acceptors (Lipinski definition) is 2. The van der Waals surface area contributed by atoms with E-state index >= 15 is 0 Å². The molecule has 1 aliphatic heterocycles. The van der Waals surface area contributed by atoms with Gasteiger partial charge in [0.1, 0.15) is 5.82 Å². The van der Waals surface area contributed by atoms with Crippen molar-refractivity contribution in [2.24, 2.45) is 5.92 Å². The molecule has 1 heterocycles. The van der Waals surface area contributed by atoms with Gasteiger partial charge in [0.25, 0.3) is 0 Å². The summed E-state index contributed by atoms with van der Waals surface area (Å²) in [7, 11) is 0. The number of hydrogen-bond donors (Lipinski definition) is 1. The van der Waals surface area contributed by atoms with Gasteiger partial charge in [-0.25, -0.2) is 4.39 Å². The molecule has 148 valence electrons. The molecule has 0 unspecified atom stereocenters. The minimum atomic E-state index is -4.65. The van der Waals surface area contributed by atoms with Gasteiger partial charge in [-0.1, -0.05) is 12.8 Å². The van der Waals surface area contributed by atoms with Gasteiger partial charge in [-0.15, -0.1) is 0 Å². The Morgan fingerprint density at radius 3 is 2.52 bits per heavy atom. The van der Waals surface area contributed by atoms with Gasteiger partial charge in [0.15, 0.2) is 0 Å². The zero-order valence-corrected chi connectivity index (χ0v) is 14.8. The maximum absolute atomic E-state index is 13.4. The monoisotopic (exact) mass is 386 g/mol. The van der Waals surface area contributed by atoms with E-state index in [0.29, 0.717) is 25.5 Å². The van der Waals surface area contributed by atoms with Crippen molar-refractivity contribution in [2.45, 2.75) is 57.3 Å². The molecule has 1 aliphatic carbocycles. The van der Waals surface area contributed by atoms with Crippen molar-refractivity contribution in [2.75, 3.05) is 6.54 Å². The SMILES string of the molecule is O=C(NCc1cc(F)cc(C(F)(F)F)c1)[C@@H]1CCC(=O)N(C2CCCC2)C1. The van der Waals surface area contributed by atoms with Crippen LogP contribution in [-0.2, 0) is 22.3 Å². The van der Waals surface area contributed by atoms with E-state index in [1.54, 1.807) is 4.90 Å². The number of nitrogens with one attached hydrogen (secondary N) is 1. The maximum Gasteiger partial charge on any atom is 0.416 e. The standard InChI is InChI=1S/C19H22F4N2O2/c20-15-8-12(7-14(9-15)19(21,22)23)10-24-18(27)13-5-6-17(26)25(11-13)16-3-1-2-4-16/h7-9,13,16H,1-6,10-11H2,(H,24,27)/t13-/m1/s1. The highest BCUT2D eigenvalue weighted by molar-refractivity contribution is 5.84. The molecular formula is C19H22F4N2O2. The lowest BCUT2D eigenvalue weighted by Gasteiger charge is -2.36. The van der Waals surface area contributed by atoms with E-state index in [9.17, 15) is 27.2 Å². The summed E-state index contributed by atoms with van der Waals surface area (Å²) in [6.45, 7) is 0.153. The Balaban J connectivity index is 1.60. The van der Waals surface area contributed by atoms with E-state index in [4.69, 9.17) is 0 Å². The maximum atomic E-state index is 13.4. The van der Waals surface area contributed by atoms with Gasteiger partial charge in [-0.3, -0.25) is 9.59 Å². The summed E-state index contributed by atoms with van der Waals surface area (Å²) in [6.07, 6.45) is 0.121. The molecule has 2 amide bonds. The summed E-state index contributed by atoms with van der Waals surface area (Å²) in [6, 6.07) is 2.42. The van der Waals surface area contributed by atoms with Gasteiger partial charge in [0.05, 0.1) is 11.5 Å². The van der Waals surface area contributed by atoms with Crippen LogP contribution < -0.4 is 5.32 Å². The quantitative estimate of drug-likeness (QED) is 0.804. The molecule has 1 N–H and O–H groups in total. The van der Waals surface area contributed by atoms with E-state index in [1.807, 2.05) is 0 Å². The molecule has 0 bridgehead atoms. The van der Waals surface area contributed by atoms with Crippen LogP contribution in [0.1, 0.15) is 49.7 Å². The molecule has 0 spiro atoms. The highest BCUT2D eigenvalue weighted by Gasteiger charge is 2.35. The summed E-state index contributed by atoms with van der Waals surface area (Å²) in [5, 5.41) is 2.59. The minimum absolute atomic E-state index is 0.0511. The number of amides is 2. The van der Waals surface area contributed by atoms with Crippen LogP contribution in [0.15, 0.2) is 18.2 Å². The van der Waals surface area contributed by atoms with Crippen LogP contribution in [0.4, 0.5) is 17.6 Å². The lowest BCUT2D eigenvalue weighted by molar-refractivity contribution is -0.140. The average Bonchev–Trinajstić information content (AvgIpc) is 3.13. The number of piperidine rings is 1. The molecule has 1 aromatic rings. The molecule has 27 heavy (non-hydrogen) atoms. The Hall–Kier alpha value is -2.12. The van der Waals surface area contributed by atoms with E-state index in [0.717, 1.165) is 37.8 Å². The third-order valence-electron chi connectivity index (χ3n) is 5.33. The van der Waals surface area contributed by atoms with E-state index in [1.165, 1.54) is 0 Å². The molecule has 1 saturated carbocycles. The van der Waals surface area contributed by atoms with Gasteiger partial charge in [-0.05, 0) is 43.0 Å². The van der Waals surface area contributed by atoms with Crippen LogP contribution in [0.25, 0.3) is 0 Å². The largest absolute Gasteiger partial charge is 0.416 e. The summed E-state index contributed by atoms with van der Waals surface area (Å²) in [5.41, 5.74) is -1.03. The van der Waals surface area contributed by atoms with Crippen molar-refractivity contribution in [3.05, 3.63) is 35.1 Å². The normalized spacial score (nSPS) is 21.6. The molecule has 1 aromatic carbocycles. The summed E-state index contributed by atoms with van der Waals surface area (Å²) in [5.74, 6) is -1.64. The fourth-order valence-electron chi connectivity index (χ4n) is 3.90. The Labute approximate surface area is 154 Å². The van der Waals surface area contributed by atoms with Gasteiger partial charge in [-0.2, -0.15) is 13.2 Å². The first-order valence-electron chi connectivity index (χ1n) is 9.18. The van der Waals surface area contributed by atoms with Gasteiger partial charge < -0.3 is 10.2 Å². The molecule has 0 aromatic heterocycles. The number of likely N-dealkylation sites (tertiary alicyclic amines) is 1. The number of halogens is 4. The van der Waals surface area contributed by atoms with Gasteiger partial charge >= 0.3 is 6.18 Å². The molecule has 8 heteroatoms. The van der Waals surface area contributed by atoms with E-state index in [2.05, 4.69) is 5.32 Å². The highest BCUT2D eigenvalue weighted by Crippen LogP contribution is 2.31. The van der Waals surface area contributed by atoms with E-state index < -0.39 is 17.6 Å². The molecule has 2 aliphatic rings. The van der Waals surface area contributed by atoms with Crippen molar-refractivity contribution in [3.63, 3.8) is 0 Å². The van der Waals surface area contributed by atoms with Crippen LogP contribution in [0.5, 0.6) is 0 Å². The van der Waals surface area contributed by atoms with Crippen LogP contribution in [0.2, 0.25) is 0 Å². The molecule has 4 nitrogen and oxygen atoms in total. The Kier molecular flexibility index (Phi) is 5.72. The lowest BCUT2D eigenvalue weighted by atomic mass is 9.94. The predicted molar refractivity (Wildman–Crippen MR) is 89.9 cm³/mol. The topological polar surface area (TPSA) is 49.4 Å². The number of nitrogens with zero attached hydrogens (tertiary/aromatic N) is 1. The number of carbonyl (C=O) groups is 2. The third kappa shape index (κ3) is 4.78. The predicted octanol–water partition coefficient (Wildman–Crippen LogP) is 3.64. The smallest absolute Gasteiger partial charge is 0.352 e. The highest BCUT2D eigenvalue weighted by atomic mass is 19.4. The fourth-order valence-corrected chi connectivity index (χ4v) is 3.90. The molecule has 1 saturated heterocycles. The third-order valence-corrected chi connectivity index (χ3v) is 5.33. The van der Waals surface area contributed by atoms with Gasteiger partial charge in [0.2, 0.25) is 11.8 Å². The first-order chi connectivity index (χ1) is 12.7. The van der Waals surface area contributed by atoms with Crippen molar-refractivity contribution < 1.29 is 27.2 Å². The Bertz CT molecular complexity index is 714. The molecule has 2 fully saturated rings. The number of carbonyl (C=O) groups excluding carboxylic acids is 2. The number of benzene rings is 1. The Morgan fingerprint density at radius 1 is 1.15 bits per heavy atom. The first kappa shape index (κ1) is 19.6. The summed E-state index contributed by atoms with van der Waals surface area (Å²) >= 11 is 0. The minimum Gasteiger partial charge on any atom is -0.352 e.